The zero-order valence-corrected chi connectivity index (χ0v) is 17.3. The number of carbonyl (C=O) groups is 1. The molecule has 31 heavy (non-hydrogen) atoms. The number of aliphatic hydroxyl groups excluding tert-OH is 1. The van der Waals surface area contributed by atoms with Crippen LogP contribution in [0.2, 0.25) is 0 Å². The van der Waals surface area contributed by atoms with E-state index < -0.39 is 6.23 Å². The number of likely N-dealkylation sites (tertiary alicyclic amines) is 1. The van der Waals surface area contributed by atoms with Crippen molar-refractivity contribution in [2.75, 3.05) is 18.4 Å². The summed E-state index contributed by atoms with van der Waals surface area (Å²) in [7, 11) is 1.71. The quantitative estimate of drug-likeness (QED) is 0.522. The standard InChI is InChI=1S/C23H24N6O2/c1-27-21(18(14-24-27)23(31)28-10-5-6-11-28)22(30)25-17-9-12-29-15-19(26-20(29)13-17)16-7-3-2-4-8-16/h2-4,7-9,12-15,23,31H,5-6,10-11H2,1H3,(H,25,30). The van der Waals surface area contributed by atoms with Crippen LogP contribution >= 0.6 is 0 Å². The number of hydrogen-bond acceptors (Lipinski definition) is 5. The van der Waals surface area contributed by atoms with E-state index in [2.05, 4.69) is 15.4 Å². The minimum Gasteiger partial charge on any atom is -0.374 e. The summed E-state index contributed by atoms with van der Waals surface area (Å²) in [6.07, 6.45) is 6.67. The van der Waals surface area contributed by atoms with Gasteiger partial charge in [0.25, 0.3) is 5.91 Å². The number of aliphatic hydroxyl groups is 1. The molecular weight excluding hydrogens is 392 g/mol. The van der Waals surface area contributed by atoms with Crippen LogP contribution in [0.5, 0.6) is 0 Å². The predicted octanol–water partition coefficient (Wildman–Crippen LogP) is 3.07. The Kier molecular flexibility index (Phi) is 5.01. The van der Waals surface area contributed by atoms with Crippen LogP contribution in [0.3, 0.4) is 0 Å². The van der Waals surface area contributed by atoms with Crippen LogP contribution in [-0.4, -0.2) is 48.2 Å². The lowest BCUT2D eigenvalue weighted by Gasteiger charge is -2.22. The van der Waals surface area contributed by atoms with E-state index in [0.717, 1.165) is 42.8 Å². The van der Waals surface area contributed by atoms with Gasteiger partial charge in [0.05, 0.1) is 11.9 Å². The molecule has 1 amide bonds. The van der Waals surface area contributed by atoms with E-state index in [4.69, 9.17) is 0 Å². The molecule has 0 saturated carbocycles. The third kappa shape index (κ3) is 3.71. The van der Waals surface area contributed by atoms with Crippen LogP contribution in [0.15, 0.2) is 61.1 Å². The molecule has 158 valence electrons. The Bertz CT molecular complexity index is 1220. The molecule has 1 aliphatic heterocycles. The summed E-state index contributed by atoms with van der Waals surface area (Å²) < 4.78 is 3.43. The molecule has 1 fully saturated rings. The summed E-state index contributed by atoms with van der Waals surface area (Å²) in [5, 5.41) is 17.9. The highest BCUT2D eigenvalue weighted by atomic mass is 16.3. The predicted molar refractivity (Wildman–Crippen MR) is 118 cm³/mol. The highest BCUT2D eigenvalue weighted by molar-refractivity contribution is 6.04. The number of rotatable bonds is 5. The maximum atomic E-state index is 13.1. The maximum absolute atomic E-state index is 13.1. The molecule has 1 aliphatic rings. The molecule has 0 radical (unpaired) electrons. The minimum atomic E-state index is -0.833. The van der Waals surface area contributed by atoms with Crippen LogP contribution in [0.4, 0.5) is 5.69 Å². The second-order valence-corrected chi connectivity index (χ2v) is 7.82. The van der Waals surface area contributed by atoms with Gasteiger partial charge in [-0.3, -0.25) is 14.4 Å². The number of pyridine rings is 1. The Morgan fingerprint density at radius 2 is 1.94 bits per heavy atom. The molecule has 8 heteroatoms. The molecular formula is C23H24N6O2. The molecule has 1 aromatic carbocycles. The van der Waals surface area contributed by atoms with Crippen molar-refractivity contribution < 1.29 is 9.90 Å². The molecule has 1 saturated heterocycles. The topological polar surface area (TPSA) is 87.7 Å². The summed E-state index contributed by atoms with van der Waals surface area (Å²) in [5.74, 6) is -0.313. The van der Waals surface area contributed by atoms with E-state index in [1.165, 1.54) is 4.68 Å². The van der Waals surface area contributed by atoms with Crippen molar-refractivity contribution in [1.82, 2.24) is 24.1 Å². The number of nitrogens with one attached hydrogen (secondary N) is 1. The van der Waals surface area contributed by atoms with Crippen LogP contribution in [0, 0.1) is 0 Å². The number of aromatic nitrogens is 4. The lowest BCUT2D eigenvalue weighted by molar-refractivity contribution is 0.0183. The van der Waals surface area contributed by atoms with E-state index in [9.17, 15) is 9.90 Å². The van der Waals surface area contributed by atoms with Gasteiger partial charge in [-0.05, 0) is 18.9 Å². The van der Waals surface area contributed by atoms with Crippen LogP contribution in [0.1, 0.15) is 35.1 Å². The fourth-order valence-corrected chi connectivity index (χ4v) is 4.10. The monoisotopic (exact) mass is 416 g/mol. The Morgan fingerprint density at radius 1 is 1.16 bits per heavy atom. The molecule has 2 N–H and O–H groups in total. The third-order valence-electron chi connectivity index (χ3n) is 5.73. The number of aryl methyl sites for hydroxylation is 1. The van der Waals surface area contributed by atoms with Gasteiger partial charge in [0.15, 0.2) is 0 Å². The van der Waals surface area contributed by atoms with Gasteiger partial charge < -0.3 is 14.8 Å². The van der Waals surface area contributed by atoms with E-state index >= 15 is 0 Å². The van der Waals surface area contributed by atoms with Crippen molar-refractivity contribution >= 4 is 17.2 Å². The van der Waals surface area contributed by atoms with Gasteiger partial charge in [-0.25, -0.2) is 4.98 Å². The highest BCUT2D eigenvalue weighted by Gasteiger charge is 2.28. The molecule has 5 rings (SSSR count). The van der Waals surface area contributed by atoms with E-state index in [0.29, 0.717) is 16.9 Å². The van der Waals surface area contributed by atoms with Gasteiger partial charge >= 0.3 is 0 Å². The minimum absolute atomic E-state index is 0.313. The average Bonchev–Trinajstić information content (AvgIpc) is 3.53. The van der Waals surface area contributed by atoms with Crippen molar-refractivity contribution in [3.8, 4) is 11.3 Å². The zero-order valence-electron chi connectivity index (χ0n) is 17.3. The first kappa shape index (κ1) is 19.5. The van der Waals surface area contributed by atoms with Gasteiger partial charge in [-0.1, -0.05) is 30.3 Å². The lowest BCUT2D eigenvalue weighted by atomic mass is 10.2. The lowest BCUT2D eigenvalue weighted by Crippen LogP contribution is -2.28. The van der Waals surface area contributed by atoms with E-state index in [1.54, 1.807) is 13.2 Å². The number of hydrogen-bond donors (Lipinski definition) is 2. The third-order valence-corrected chi connectivity index (χ3v) is 5.73. The Hall–Kier alpha value is -3.49. The SMILES string of the molecule is Cn1ncc(C(O)N2CCCC2)c1C(=O)Nc1ccn2cc(-c3ccccc3)nc2c1. The number of anilines is 1. The van der Waals surface area contributed by atoms with Gasteiger partial charge in [0.1, 0.15) is 17.6 Å². The van der Waals surface area contributed by atoms with Crippen molar-refractivity contribution in [2.24, 2.45) is 7.05 Å². The number of imidazole rings is 1. The van der Waals surface area contributed by atoms with Crippen molar-refractivity contribution in [2.45, 2.75) is 19.1 Å². The van der Waals surface area contributed by atoms with Crippen molar-refractivity contribution in [3.63, 3.8) is 0 Å². The van der Waals surface area contributed by atoms with Crippen LogP contribution in [0.25, 0.3) is 16.9 Å². The average molecular weight is 416 g/mol. The molecule has 0 bridgehead atoms. The normalized spacial score (nSPS) is 15.4. The second-order valence-electron chi connectivity index (χ2n) is 7.82. The number of nitrogens with zero attached hydrogens (tertiary/aromatic N) is 5. The Labute approximate surface area is 179 Å². The van der Waals surface area contributed by atoms with Crippen molar-refractivity contribution in [1.29, 1.82) is 0 Å². The molecule has 4 aromatic rings. The van der Waals surface area contributed by atoms with Gasteiger partial charge in [-0.2, -0.15) is 5.10 Å². The van der Waals surface area contributed by atoms with Crippen molar-refractivity contribution in [3.05, 3.63) is 72.3 Å². The first-order valence-electron chi connectivity index (χ1n) is 10.4. The Morgan fingerprint density at radius 3 is 2.71 bits per heavy atom. The second kappa shape index (κ2) is 7.98. The summed E-state index contributed by atoms with van der Waals surface area (Å²) >= 11 is 0. The van der Waals surface area contributed by atoms with Gasteiger partial charge in [0, 0.05) is 55.4 Å². The first-order chi connectivity index (χ1) is 15.1. The zero-order chi connectivity index (χ0) is 21.4. The van der Waals surface area contributed by atoms with Crippen LogP contribution in [-0.2, 0) is 7.05 Å². The number of fused-ring (bicyclic) bond motifs is 1. The number of benzene rings is 1. The Balaban J connectivity index is 1.40. The molecule has 3 aromatic heterocycles. The fourth-order valence-electron chi connectivity index (χ4n) is 4.10. The smallest absolute Gasteiger partial charge is 0.274 e. The molecule has 1 atom stereocenters. The molecule has 0 aliphatic carbocycles. The van der Waals surface area contributed by atoms with Gasteiger partial charge in [0.2, 0.25) is 0 Å². The number of carbonyl (C=O) groups excluding carboxylic acids is 1. The highest BCUT2D eigenvalue weighted by Crippen LogP contribution is 2.26. The summed E-state index contributed by atoms with van der Waals surface area (Å²) in [6, 6.07) is 13.6. The van der Waals surface area contributed by atoms with Crippen LogP contribution < -0.4 is 5.32 Å². The summed E-state index contributed by atoms with van der Waals surface area (Å²) in [6.45, 7) is 1.63. The van der Waals surface area contributed by atoms with E-state index in [-0.39, 0.29) is 5.91 Å². The van der Waals surface area contributed by atoms with Gasteiger partial charge in [-0.15, -0.1) is 0 Å². The summed E-state index contributed by atoms with van der Waals surface area (Å²) in [5.41, 5.74) is 4.14. The maximum Gasteiger partial charge on any atom is 0.274 e. The van der Waals surface area contributed by atoms with E-state index in [1.807, 2.05) is 64.2 Å². The largest absolute Gasteiger partial charge is 0.374 e. The number of amides is 1. The molecule has 0 spiro atoms. The molecule has 4 heterocycles. The molecule has 8 nitrogen and oxygen atoms in total. The molecule has 1 unspecified atom stereocenters. The fraction of sp³-hybridized carbons (Fsp3) is 0.261. The first-order valence-corrected chi connectivity index (χ1v) is 10.4. The summed E-state index contributed by atoms with van der Waals surface area (Å²) in [4.78, 5) is 19.7.